The van der Waals surface area contributed by atoms with Gasteiger partial charge in [-0.15, -0.1) is 0 Å². The van der Waals surface area contributed by atoms with Crippen molar-refractivity contribution in [2.24, 2.45) is 0 Å². The second kappa shape index (κ2) is 22.2. The van der Waals surface area contributed by atoms with Crippen molar-refractivity contribution in [2.75, 3.05) is 13.1 Å². The molecule has 0 bridgehead atoms. The number of amides is 2. The van der Waals surface area contributed by atoms with Gasteiger partial charge in [0, 0.05) is 25.9 Å². The van der Waals surface area contributed by atoms with Gasteiger partial charge in [0.05, 0.1) is 0 Å². The Hall–Kier alpha value is -1.06. The molecule has 0 aliphatic heterocycles. The van der Waals surface area contributed by atoms with E-state index in [-0.39, 0.29) is 11.8 Å². The third-order valence-corrected chi connectivity index (χ3v) is 5.28. The second-order valence-electron chi connectivity index (χ2n) is 8.11. The lowest BCUT2D eigenvalue weighted by Gasteiger charge is -2.06. The molecule has 0 radical (unpaired) electrons. The van der Waals surface area contributed by atoms with Crippen molar-refractivity contribution in [3.05, 3.63) is 0 Å². The summed E-state index contributed by atoms with van der Waals surface area (Å²) in [6, 6.07) is 0. The summed E-state index contributed by atoms with van der Waals surface area (Å²) < 4.78 is 0. The third kappa shape index (κ3) is 21.2. The summed E-state index contributed by atoms with van der Waals surface area (Å²) in [6.45, 7) is 5.65. The molecule has 0 aromatic rings. The van der Waals surface area contributed by atoms with Gasteiger partial charge in [-0.05, 0) is 26.2 Å². The minimum Gasteiger partial charge on any atom is -0.356 e. The molecule has 0 heterocycles. The Kier molecular flexibility index (Phi) is 21.4. The number of nitrogens with one attached hydrogen (secondary N) is 2. The van der Waals surface area contributed by atoms with Crippen molar-refractivity contribution in [3.8, 4) is 0 Å². The van der Waals surface area contributed by atoms with Crippen LogP contribution in [0.4, 0.5) is 0 Å². The van der Waals surface area contributed by atoms with Gasteiger partial charge in [0.2, 0.25) is 11.8 Å². The summed E-state index contributed by atoms with van der Waals surface area (Å²) >= 11 is 0. The molecule has 2 N–H and O–H groups in total. The molecule has 2 amide bonds. The fourth-order valence-corrected chi connectivity index (χ4v) is 3.49. The van der Waals surface area contributed by atoms with Gasteiger partial charge in [0.25, 0.3) is 0 Å². The highest BCUT2D eigenvalue weighted by Gasteiger charge is 2.02. The molecule has 0 aliphatic rings. The first-order valence-corrected chi connectivity index (χ1v) is 12.2. The maximum absolute atomic E-state index is 11.8. The molecule has 0 spiro atoms. The van der Waals surface area contributed by atoms with E-state index < -0.39 is 0 Å². The largest absolute Gasteiger partial charge is 0.356 e. The first-order valence-electron chi connectivity index (χ1n) is 12.2. The molecule has 166 valence electrons. The van der Waals surface area contributed by atoms with E-state index in [1.165, 1.54) is 77.0 Å². The van der Waals surface area contributed by atoms with Crippen LogP contribution in [0.25, 0.3) is 0 Å². The lowest BCUT2D eigenvalue weighted by molar-refractivity contribution is -0.122. The van der Waals surface area contributed by atoms with Gasteiger partial charge >= 0.3 is 0 Å². The summed E-state index contributed by atoms with van der Waals surface area (Å²) in [5, 5.41) is 5.80. The Bertz CT molecular complexity index is 359. The first-order chi connectivity index (χ1) is 13.7. The van der Waals surface area contributed by atoms with Crippen molar-refractivity contribution in [1.82, 2.24) is 10.6 Å². The number of carbonyl (C=O) groups excluding carboxylic acids is 2. The van der Waals surface area contributed by atoms with Crippen LogP contribution in [-0.2, 0) is 9.59 Å². The van der Waals surface area contributed by atoms with Gasteiger partial charge in [-0.25, -0.2) is 0 Å². The summed E-state index contributed by atoms with van der Waals surface area (Å²) in [4.78, 5) is 23.1. The van der Waals surface area contributed by atoms with Gasteiger partial charge in [-0.3, -0.25) is 9.59 Å². The zero-order chi connectivity index (χ0) is 20.7. The van der Waals surface area contributed by atoms with E-state index in [4.69, 9.17) is 0 Å². The topological polar surface area (TPSA) is 58.2 Å². The average molecular weight is 397 g/mol. The van der Waals surface area contributed by atoms with Crippen molar-refractivity contribution in [1.29, 1.82) is 0 Å². The molecule has 0 atom stereocenters. The SMILES string of the molecule is CCCCCCCCCCCCCCCC(=O)NCCCCCC(=O)NCC. The Morgan fingerprint density at radius 2 is 0.893 bits per heavy atom. The van der Waals surface area contributed by atoms with Crippen LogP contribution in [0, 0.1) is 0 Å². The van der Waals surface area contributed by atoms with E-state index >= 15 is 0 Å². The lowest BCUT2D eigenvalue weighted by atomic mass is 10.0. The van der Waals surface area contributed by atoms with Crippen LogP contribution in [-0.4, -0.2) is 24.9 Å². The van der Waals surface area contributed by atoms with Crippen molar-refractivity contribution in [2.45, 2.75) is 129 Å². The van der Waals surface area contributed by atoms with Crippen LogP contribution in [0.5, 0.6) is 0 Å². The van der Waals surface area contributed by atoms with Crippen LogP contribution < -0.4 is 10.6 Å². The summed E-state index contributed by atoms with van der Waals surface area (Å²) in [5.74, 6) is 0.320. The van der Waals surface area contributed by atoms with Crippen LogP contribution in [0.15, 0.2) is 0 Å². The fourth-order valence-electron chi connectivity index (χ4n) is 3.49. The zero-order valence-electron chi connectivity index (χ0n) is 19.0. The van der Waals surface area contributed by atoms with E-state index in [2.05, 4.69) is 17.6 Å². The number of unbranched alkanes of at least 4 members (excludes halogenated alkanes) is 14. The highest BCUT2D eigenvalue weighted by atomic mass is 16.2. The second-order valence-corrected chi connectivity index (χ2v) is 8.11. The minimum atomic E-state index is 0.133. The van der Waals surface area contributed by atoms with Crippen molar-refractivity contribution < 1.29 is 9.59 Å². The standard InChI is InChI=1S/C24H48N2O2/c1-3-5-6-7-8-9-10-11-12-13-14-15-17-21-24(28)26-22-19-16-18-20-23(27)25-4-2/h3-22H2,1-2H3,(H,25,27)(H,26,28). The molecule has 0 unspecified atom stereocenters. The van der Waals surface area contributed by atoms with E-state index in [1.54, 1.807) is 0 Å². The molecule has 0 aromatic heterocycles. The van der Waals surface area contributed by atoms with Crippen LogP contribution in [0.2, 0.25) is 0 Å². The molecule has 4 nitrogen and oxygen atoms in total. The van der Waals surface area contributed by atoms with Gasteiger partial charge in [0.1, 0.15) is 0 Å². The lowest BCUT2D eigenvalue weighted by Crippen LogP contribution is -2.24. The van der Waals surface area contributed by atoms with Gasteiger partial charge < -0.3 is 10.6 Å². The molecule has 0 rings (SSSR count). The quantitative estimate of drug-likeness (QED) is 0.224. The van der Waals surface area contributed by atoms with Gasteiger partial charge in [-0.1, -0.05) is 90.4 Å². The highest BCUT2D eigenvalue weighted by Crippen LogP contribution is 2.12. The van der Waals surface area contributed by atoms with Crippen LogP contribution >= 0.6 is 0 Å². The Labute approximate surface area is 175 Å². The molecule has 28 heavy (non-hydrogen) atoms. The first kappa shape index (κ1) is 26.9. The van der Waals surface area contributed by atoms with Gasteiger partial charge in [-0.2, -0.15) is 0 Å². The normalized spacial score (nSPS) is 10.8. The van der Waals surface area contributed by atoms with Crippen molar-refractivity contribution >= 4 is 11.8 Å². The molecule has 0 saturated heterocycles. The van der Waals surface area contributed by atoms with E-state index in [0.29, 0.717) is 19.4 Å². The smallest absolute Gasteiger partial charge is 0.219 e. The van der Waals surface area contributed by atoms with E-state index in [9.17, 15) is 9.59 Å². The molecular formula is C24H48N2O2. The molecular weight excluding hydrogens is 348 g/mol. The maximum atomic E-state index is 11.8. The van der Waals surface area contributed by atoms with Crippen molar-refractivity contribution in [3.63, 3.8) is 0 Å². The fraction of sp³-hybridized carbons (Fsp3) is 0.917. The summed E-state index contributed by atoms with van der Waals surface area (Å²) in [7, 11) is 0. The average Bonchev–Trinajstić information content (AvgIpc) is 2.68. The van der Waals surface area contributed by atoms with E-state index in [0.717, 1.165) is 32.2 Å². The Morgan fingerprint density at radius 1 is 0.500 bits per heavy atom. The molecule has 0 aliphatic carbocycles. The third-order valence-electron chi connectivity index (χ3n) is 5.28. The number of hydrogen-bond acceptors (Lipinski definition) is 2. The minimum absolute atomic E-state index is 0.133. The highest BCUT2D eigenvalue weighted by molar-refractivity contribution is 5.76. The summed E-state index contributed by atoms with van der Waals surface area (Å²) in [5.41, 5.74) is 0. The monoisotopic (exact) mass is 396 g/mol. The predicted octanol–water partition coefficient (Wildman–Crippen LogP) is 6.28. The molecule has 0 fully saturated rings. The molecule has 4 heteroatoms. The predicted molar refractivity (Wildman–Crippen MR) is 120 cm³/mol. The Balaban J connectivity index is 3.20. The number of hydrogen-bond donors (Lipinski definition) is 2. The van der Waals surface area contributed by atoms with Crippen LogP contribution in [0.1, 0.15) is 129 Å². The van der Waals surface area contributed by atoms with Gasteiger partial charge in [0.15, 0.2) is 0 Å². The molecule has 0 aromatic carbocycles. The summed E-state index contributed by atoms with van der Waals surface area (Å²) in [6.07, 6.45) is 21.5. The zero-order valence-corrected chi connectivity index (χ0v) is 19.0. The molecule has 0 saturated carbocycles. The maximum Gasteiger partial charge on any atom is 0.219 e. The number of rotatable bonds is 21. The Morgan fingerprint density at radius 3 is 1.36 bits per heavy atom. The van der Waals surface area contributed by atoms with Crippen LogP contribution in [0.3, 0.4) is 0 Å². The number of carbonyl (C=O) groups is 2. The van der Waals surface area contributed by atoms with E-state index in [1.807, 2.05) is 6.92 Å².